The number of amides is 1. The Balaban J connectivity index is 3.27. The van der Waals surface area contributed by atoms with E-state index in [0.29, 0.717) is 12.3 Å². The molecule has 0 saturated heterocycles. The Hall–Kier alpha value is -0.870. The lowest BCUT2D eigenvalue weighted by Gasteiger charge is -2.03. The van der Waals surface area contributed by atoms with E-state index >= 15 is 0 Å². The first-order valence-corrected chi connectivity index (χ1v) is 5.78. The van der Waals surface area contributed by atoms with Crippen LogP contribution in [0.15, 0.2) is 12.2 Å². The number of hydrogen-bond acceptors (Lipinski definition) is 3. The van der Waals surface area contributed by atoms with Gasteiger partial charge in [0.2, 0.25) is 5.91 Å². The van der Waals surface area contributed by atoms with Gasteiger partial charge in [0.15, 0.2) is 0 Å². The van der Waals surface area contributed by atoms with Gasteiger partial charge in [-0.1, -0.05) is 26.0 Å². The molecule has 0 atom stereocenters. The van der Waals surface area contributed by atoms with Crippen LogP contribution in [0.5, 0.6) is 0 Å². The lowest BCUT2D eigenvalue weighted by molar-refractivity contribution is -0.124. The molecule has 4 nitrogen and oxygen atoms in total. The van der Waals surface area contributed by atoms with Crippen molar-refractivity contribution in [3.63, 3.8) is 0 Å². The predicted molar refractivity (Wildman–Crippen MR) is 63.6 cm³/mol. The van der Waals surface area contributed by atoms with Crippen LogP contribution < -0.4 is 5.32 Å². The van der Waals surface area contributed by atoms with Crippen molar-refractivity contribution < 1.29 is 14.6 Å². The van der Waals surface area contributed by atoms with Crippen molar-refractivity contribution in [2.24, 2.45) is 5.92 Å². The lowest BCUT2D eigenvalue weighted by Crippen LogP contribution is -2.25. The molecule has 0 aliphatic carbocycles. The zero-order valence-electron chi connectivity index (χ0n) is 10.2. The smallest absolute Gasteiger partial charge is 0.221 e. The molecule has 0 aromatic heterocycles. The second-order valence-corrected chi connectivity index (χ2v) is 4.00. The lowest BCUT2D eigenvalue weighted by atomic mass is 10.1. The van der Waals surface area contributed by atoms with Gasteiger partial charge in [0.25, 0.3) is 0 Å². The highest BCUT2D eigenvalue weighted by molar-refractivity contribution is 5.75. The van der Waals surface area contributed by atoms with Crippen molar-refractivity contribution in [1.29, 1.82) is 0 Å². The predicted octanol–water partition coefficient (Wildman–Crippen LogP) is 1.80. The molecular formula is C12H23NO3. The summed E-state index contributed by atoms with van der Waals surface area (Å²) in [7, 11) is 0. The first-order valence-electron chi connectivity index (χ1n) is 5.78. The van der Waals surface area contributed by atoms with E-state index in [2.05, 4.69) is 36.1 Å². The number of hydrogen-bond donors (Lipinski definition) is 2. The highest BCUT2D eigenvalue weighted by Gasteiger charge is 1.98. The summed E-state index contributed by atoms with van der Waals surface area (Å²) in [5.41, 5.74) is 0. The molecule has 0 heterocycles. The van der Waals surface area contributed by atoms with Crippen LogP contribution >= 0.6 is 0 Å². The fourth-order valence-corrected chi connectivity index (χ4v) is 1.18. The summed E-state index contributed by atoms with van der Waals surface area (Å²) in [6, 6.07) is 0. The second kappa shape index (κ2) is 10.6. The normalized spacial score (nSPS) is 11.2. The molecule has 0 aromatic rings. The molecular weight excluding hydrogens is 206 g/mol. The van der Waals surface area contributed by atoms with E-state index in [1.54, 1.807) is 0 Å². The summed E-state index contributed by atoms with van der Waals surface area (Å²) in [5.74, 6) is 0.570. The van der Waals surface area contributed by atoms with E-state index < -0.39 is 0 Å². The standard InChI is InChI=1S/C12H23NO3/c1-11(2)7-5-3-4-6-8-12(15)13-9-16-10-14/h5,7,11,14H,3-4,6,8-10H2,1-2H3,(H,13,15)/b7-5+. The Kier molecular flexibility index (Phi) is 10.1. The molecule has 0 spiro atoms. The van der Waals surface area contributed by atoms with Gasteiger partial charge >= 0.3 is 0 Å². The Bertz CT molecular complexity index is 202. The number of aliphatic hydroxyl groups excluding tert-OH is 1. The molecule has 0 aliphatic rings. The number of ether oxygens (including phenoxy) is 1. The number of unbranched alkanes of at least 4 members (excludes halogenated alkanes) is 2. The molecule has 0 unspecified atom stereocenters. The maximum absolute atomic E-state index is 11.2. The molecule has 4 heteroatoms. The molecule has 16 heavy (non-hydrogen) atoms. The van der Waals surface area contributed by atoms with Gasteiger partial charge in [-0.2, -0.15) is 0 Å². The maximum atomic E-state index is 11.2. The summed E-state index contributed by atoms with van der Waals surface area (Å²) in [6.07, 6.45) is 7.79. The monoisotopic (exact) mass is 229 g/mol. The zero-order chi connectivity index (χ0) is 12.2. The highest BCUT2D eigenvalue weighted by Crippen LogP contribution is 2.02. The molecule has 94 valence electrons. The van der Waals surface area contributed by atoms with Crippen LogP contribution in [0.3, 0.4) is 0 Å². The minimum atomic E-state index is -0.361. The molecule has 0 bridgehead atoms. The van der Waals surface area contributed by atoms with Crippen LogP contribution in [0.25, 0.3) is 0 Å². The number of carbonyl (C=O) groups is 1. The Labute approximate surface area is 97.7 Å². The van der Waals surface area contributed by atoms with Gasteiger partial charge in [0.05, 0.1) is 0 Å². The molecule has 0 saturated carbocycles. The van der Waals surface area contributed by atoms with Crippen LogP contribution in [0.1, 0.15) is 39.5 Å². The molecule has 0 aliphatic heterocycles. The van der Waals surface area contributed by atoms with Crippen LogP contribution in [0.4, 0.5) is 0 Å². The van der Waals surface area contributed by atoms with Crippen LogP contribution in [-0.4, -0.2) is 24.5 Å². The molecule has 0 rings (SSSR count). The van der Waals surface area contributed by atoms with Gasteiger partial charge < -0.3 is 15.2 Å². The van der Waals surface area contributed by atoms with Gasteiger partial charge in [-0.05, 0) is 25.2 Å². The van der Waals surface area contributed by atoms with Gasteiger partial charge in [0.1, 0.15) is 13.5 Å². The molecule has 0 fully saturated rings. The topological polar surface area (TPSA) is 58.6 Å². The van der Waals surface area contributed by atoms with Crippen molar-refractivity contribution in [2.75, 3.05) is 13.5 Å². The minimum absolute atomic E-state index is 0.0266. The molecule has 1 amide bonds. The summed E-state index contributed by atoms with van der Waals surface area (Å²) >= 11 is 0. The number of nitrogens with one attached hydrogen (secondary N) is 1. The zero-order valence-corrected chi connectivity index (χ0v) is 10.2. The van der Waals surface area contributed by atoms with Crippen molar-refractivity contribution in [2.45, 2.75) is 39.5 Å². The second-order valence-electron chi connectivity index (χ2n) is 4.00. The fourth-order valence-electron chi connectivity index (χ4n) is 1.18. The molecule has 2 N–H and O–H groups in total. The largest absolute Gasteiger partial charge is 0.371 e. The molecule has 0 aromatic carbocycles. The van der Waals surface area contributed by atoms with E-state index in [9.17, 15) is 4.79 Å². The first kappa shape index (κ1) is 15.1. The van der Waals surface area contributed by atoms with Gasteiger partial charge in [-0.3, -0.25) is 4.79 Å². The van der Waals surface area contributed by atoms with Crippen molar-refractivity contribution in [3.05, 3.63) is 12.2 Å². The van der Waals surface area contributed by atoms with Crippen LogP contribution in [-0.2, 0) is 9.53 Å². The van der Waals surface area contributed by atoms with Gasteiger partial charge in [-0.25, -0.2) is 0 Å². The summed E-state index contributed by atoms with van der Waals surface area (Å²) < 4.78 is 4.59. The average molecular weight is 229 g/mol. The Morgan fingerprint density at radius 2 is 2.19 bits per heavy atom. The minimum Gasteiger partial charge on any atom is -0.371 e. The van der Waals surface area contributed by atoms with E-state index in [1.165, 1.54) is 0 Å². The quantitative estimate of drug-likeness (QED) is 0.360. The Morgan fingerprint density at radius 1 is 1.44 bits per heavy atom. The SMILES string of the molecule is CC(C)/C=C/CCCCC(=O)NCOCO. The van der Waals surface area contributed by atoms with Gasteiger partial charge in [-0.15, -0.1) is 0 Å². The third kappa shape index (κ3) is 11.2. The summed E-state index contributed by atoms with van der Waals surface area (Å²) in [6.45, 7) is 4.01. The highest BCUT2D eigenvalue weighted by atomic mass is 16.6. The van der Waals surface area contributed by atoms with E-state index in [-0.39, 0.29) is 19.4 Å². The van der Waals surface area contributed by atoms with Crippen LogP contribution in [0, 0.1) is 5.92 Å². The average Bonchev–Trinajstić information content (AvgIpc) is 2.23. The van der Waals surface area contributed by atoms with Crippen molar-refractivity contribution >= 4 is 5.91 Å². The number of carbonyl (C=O) groups excluding carboxylic acids is 1. The van der Waals surface area contributed by atoms with Crippen LogP contribution in [0.2, 0.25) is 0 Å². The number of allylic oxidation sites excluding steroid dienone is 2. The number of aliphatic hydroxyl groups is 1. The fraction of sp³-hybridized carbons (Fsp3) is 0.750. The number of rotatable bonds is 9. The van der Waals surface area contributed by atoms with E-state index in [4.69, 9.17) is 5.11 Å². The molecule has 0 radical (unpaired) electrons. The van der Waals surface area contributed by atoms with Crippen molar-refractivity contribution in [1.82, 2.24) is 5.32 Å². The van der Waals surface area contributed by atoms with E-state index in [1.807, 2.05) is 0 Å². The third-order valence-corrected chi connectivity index (χ3v) is 2.01. The Morgan fingerprint density at radius 3 is 2.81 bits per heavy atom. The summed E-state index contributed by atoms with van der Waals surface area (Å²) in [4.78, 5) is 11.2. The third-order valence-electron chi connectivity index (χ3n) is 2.01. The summed E-state index contributed by atoms with van der Waals surface area (Å²) in [5, 5.41) is 10.9. The van der Waals surface area contributed by atoms with Crippen molar-refractivity contribution in [3.8, 4) is 0 Å². The first-order chi connectivity index (χ1) is 7.66. The van der Waals surface area contributed by atoms with Gasteiger partial charge in [0, 0.05) is 6.42 Å². The van der Waals surface area contributed by atoms with E-state index in [0.717, 1.165) is 19.3 Å². The maximum Gasteiger partial charge on any atom is 0.221 e.